The lowest BCUT2D eigenvalue weighted by atomic mass is 10.0. The second kappa shape index (κ2) is 17.1. The predicted octanol–water partition coefficient (Wildman–Crippen LogP) is 7.09. The molecule has 2 amide bonds. The van der Waals surface area contributed by atoms with E-state index < -0.39 is 51.0 Å². The number of fused-ring (bicyclic) bond motifs is 4. The largest absolute Gasteiger partial charge is 0.493 e. The lowest BCUT2D eigenvalue weighted by Crippen LogP contribution is -2.46. The highest BCUT2D eigenvalue weighted by Crippen LogP contribution is 2.44. The Hall–Kier alpha value is -6.03. The Balaban J connectivity index is 0.980. The highest BCUT2D eigenvalue weighted by molar-refractivity contribution is 8.10. The Morgan fingerprint density at radius 1 is 0.787 bits per heavy atom. The first kappa shape index (κ1) is 41.7. The number of rotatable bonds is 13. The molecule has 0 bridgehead atoms. The molecule has 318 valence electrons. The van der Waals surface area contributed by atoms with Crippen molar-refractivity contribution in [1.29, 1.82) is 0 Å². The van der Waals surface area contributed by atoms with Gasteiger partial charge in [-0.1, -0.05) is 29.3 Å². The molecule has 0 fully saturated rings. The number of benzene rings is 4. The molecule has 0 saturated heterocycles. The van der Waals surface area contributed by atoms with E-state index in [2.05, 4.69) is 15.3 Å². The topological polar surface area (TPSA) is 195 Å². The lowest BCUT2D eigenvalue weighted by Gasteiger charge is -2.26. The van der Waals surface area contributed by atoms with Crippen molar-refractivity contribution in [3.8, 4) is 23.0 Å². The van der Waals surface area contributed by atoms with Crippen LogP contribution < -0.4 is 24.3 Å². The Morgan fingerprint density at radius 3 is 1.93 bits per heavy atom. The zero-order chi connectivity index (χ0) is 43.0. The third-order valence-electron chi connectivity index (χ3n) is 10.5. The average molecular weight is 879 g/mol. The highest BCUT2D eigenvalue weighted by Gasteiger charge is 2.45. The summed E-state index contributed by atoms with van der Waals surface area (Å²) in [6, 6.07) is 15.7. The van der Waals surface area contributed by atoms with Gasteiger partial charge in [-0.25, -0.2) is 19.0 Å². The van der Waals surface area contributed by atoms with Crippen molar-refractivity contribution in [2.45, 2.75) is 36.7 Å². The summed E-state index contributed by atoms with van der Waals surface area (Å²) in [4.78, 5) is 35.3. The number of hydrogen-bond donors (Lipinski definition) is 3. The molecule has 16 nitrogen and oxygen atoms in total. The van der Waals surface area contributed by atoms with Crippen molar-refractivity contribution in [2.24, 2.45) is 4.99 Å². The third kappa shape index (κ3) is 8.37. The van der Waals surface area contributed by atoms with Crippen LogP contribution in [0.15, 0.2) is 90.2 Å². The number of methoxy groups -OCH3 is 2. The van der Waals surface area contributed by atoms with E-state index in [1.54, 1.807) is 18.3 Å². The van der Waals surface area contributed by atoms with Crippen molar-refractivity contribution in [1.82, 2.24) is 9.80 Å². The first-order valence-corrected chi connectivity index (χ1v) is 20.9. The minimum Gasteiger partial charge on any atom is -0.493 e. The summed E-state index contributed by atoms with van der Waals surface area (Å²) in [6.45, 7) is 0.147. The van der Waals surface area contributed by atoms with Crippen LogP contribution in [0.2, 0.25) is 0 Å². The first-order chi connectivity index (χ1) is 29.4. The molecule has 8 rings (SSSR count). The van der Waals surface area contributed by atoms with E-state index in [0.717, 1.165) is 5.57 Å². The van der Waals surface area contributed by atoms with E-state index in [9.17, 15) is 31.3 Å². The number of ether oxygens (including phenoxy) is 4. The number of anilines is 1. The van der Waals surface area contributed by atoms with Gasteiger partial charge in [0, 0.05) is 37.4 Å². The summed E-state index contributed by atoms with van der Waals surface area (Å²) in [6.07, 6.45) is 3.83. The SMILES string of the molecule is COc1cc2c(cc1OCCCOc1cc3c(cc1OC)C(=O)N1C=C(c4ccc(F)cc4)C[C@H]1[C@H](S(=O)(=O)O)N3)N=C(SOOO)[C@@H]1CC(c3ccc(F)cc3)=CN1C2=O. The van der Waals surface area contributed by atoms with Crippen LogP contribution in [0.4, 0.5) is 20.2 Å². The minimum atomic E-state index is -4.77. The van der Waals surface area contributed by atoms with Crippen LogP contribution in [0.25, 0.3) is 11.1 Å². The number of nitrogens with zero attached hydrogens (tertiary/aromatic N) is 3. The van der Waals surface area contributed by atoms with Gasteiger partial charge in [-0.2, -0.15) is 8.42 Å². The van der Waals surface area contributed by atoms with Gasteiger partial charge in [0.2, 0.25) is 0 Å². The quantitative estimate of drug-likeness (QED) is 0.0405. The summed E-state index contributed by atoms with van der Waals surface area (Å²) in [5.74, 6) is -0.960. The smallest absolute Gasteiger partial charge is 0.288 e. The van der Waals surface area contributed by atoms with Gasteiger partial charge in [-0.05, 0) is 65.1 Å². The van der Waals surface area contributed by atoms with Gasteiger partial charge >= 0.3 is 0 Å². The van der Waals surface area contributed by atoms with Crippen molar-refractivity contribution in [3.05, 3.63) is 119 Å². The fraction of sp³-hybridized carbons (Fsp3) is 0.244. The van der Waals surface area contributed by atoms with E-state index in [4.69, 9.17) is 28.5 Å². The Morgan fingerprint density at radius 2 is 1.34 bits per heavy atom. The zero-order valence-electron chi connectivity index (χ0n) is 32.2. The van der Waals surface area contributed by atoms with Gasteiger partial charge < -0.3 is 34.1 Å². The third-order valence-corrected chi connectivity index (χ3v) is 12.2. The van der Waals surface area contributed by atoms with Crippen LogP contribution in [-0.4, -0.2) is 89.8 Å². The zero-order valence-corrected chi connectivity index (χ0v) is 33.9. The van der Waals surface area contributed by atoms with Gasteiger partial charge in [0.15, 0.2) is 28.4 Å². The molecule has 3 atom stereocenters. The Labute approximate surface area is 351 Å². The van der Waals surface area contributed by atoms with Gasteiger partial charge in [0.25, 0.3) is 21.9 Å². The lowest BCUT2D eigenvalue weighted by molar-refractivity contribution is -0.431. The monoisotopic (exact) mass is 878 g/mol. The van der Waals surface area contributed by atoms with E-state index in [-0.39, 0.29) is 70.2 Å². The molecule has 4 heterocycles. The van der Waals surface area contributed by atoms with Crippen molar-refractivity contribution in [2.75, 3.05) is 32.8 Å². The van der Waals surface area contributed by atoms with E-state index in [1.165, 1.54) is 90.9 Å². The number of aliphatic imine (C=N–C) groups is 1. The van der Waals surface area contributed by atoms with Crippen molar-refractivity contribution in [3.63, 3.8) is 0 Å². The highest BCUT2D eigenvalue weighted by atomic mass is 32.2. The summed E-state index contributed by atoms with van der Waals surface area (Å²) in [7, 11) is -1.96. The van der Waals surface area contributed by atoms with Crippen LogP contribution in [0.5, 0.6) is 23.0 Å². The fourth-order valence-electron chi connectivity index (χ4n) is 7.59. The molecule has 61 heavy (non-hydrogen) atoms. The maximum atomic E-state index is 14.0. The molecule has 4 aromatic rings. The first-order valence-electron chi connectivity index (χ1n) is 18.6. The second-order valence-electron chi connectivity index (χ2n) is 14.1. The van der Waals surface area contributed by atoms with Crippen LogP contribution in [0, 0.1) is 11.6 Å². The molecule has 20 heteroatoms. The minimum absolute atomic E-state index is 0.0597. The molecule has 4 aromatic carbocycles. The number of hydrogen-bond acceptors (Lipinski definition) is 14. The summed E-state index contributed by atoms with van der Waals surface area (Å²) in [5.41, 5.74) is 3.22. The number of carbonyl (C=O) groups is 2. The number of halogens is 2. The van der Waals surface area contributed by atoms with Gasteiger partial charge in [0.1, 0.15) is 16.7 Å². The number of amides is 2. The van der Waals surface area contributed by atoms with Crippen molar-refractivity contribution >= 4 is 61.5 Å². The van der Waals surface area contributed by atoms with E-state index in [1.807, 2.05) is 0 Å². The summed E-state index contributed by atoms with van der Waals surface area (Å²) >= 11 is 0.619. The summed E-state index contributed by atoms with van der Waals surface area (Å²) in [5, 5.41) is 14.2. The molecule has 0 aromatic heterocycles. The molecule has 0 aliphatic carbocycles. The molecule has 0 radical (unpaired) electrons. The van der Waals surface area contributed by atoms with Crippen LogP contribution in [0.1, 0.15) is 51.1 Å². The molecule has 3 N–H and O–H groups in total. The maximum Gasteiger partial charge on any atom is 0.288 e. The standard InChI is InChI=1S/C41H36F2N4O12S2/c1-54-34-16-28-30(44-38(60-59-58-50)32-14-24(20-46(32)40(28)48)22-4-8-26(42)9-5-22)18-36(34)56-12-3-13-57-37-19-31-29(17-35(37)55-2)41(49)47-21-25(23-6-10-27(43)11-7-23)15-33(47)39(45-31)61(51,52)53/h4-11,16-21,32-33,39,45,50H,3,12-15H2,1-2H3,(H,51,52,53)/t32-,33-,39-/m0/s1. The van der Waals surface area contributed by atoms with E-state index >= 15 is 0 Å². The van der Waals surface area contributed by atoms with Crippen LogP contribution >= 0.6 is 12.0 Å². The molecule has 0 saturated carbocycles. The number of nitrogens with one attached hydrogen (secondary N) is 1. The molecular weight excluding hydrogens is 843 g/mol. The van der Waals surface area contributed by atoms with Gasteiger partial charge in [-0.3, -0.25) is 14.1 Å². The fourth-order valence-corrected chi connectivity index (χ4v) is 9.04. The van der Waals surface area contributed by atoms with E-state index in [0.29, 0.717) is 41.6 Å². The normalized spacial score (nSPS) is 19.3. The summed E-state index contributed by atoms with van der Waals surface area (Å²) < 4.78 is 91.0. The maximum absolute atomic E-state index is 14.0. The molecular formula is C41H36F2N4O12S2. The van der Waals surface area contributed by atoms with Crippen molar-refractivity contribution < 1.29 is 64.9 Å². The van der Waals surface area contributed by atoms with Crippen LogP contribution in [0.3, 0.4) is 0 Å². The molecule has 4 aliphatic heterocycles. The predicted molar refractivity (Wildman–Crippen MR) is 218 cm³/mol. The second-order valence-corrected chi connectivity index (χ2v) is 16.4. The number of carbonyl (C=O) groups excluding carboxylic acids is 2. The molecule has 0 spiro atoms. The van der Waals surface area contributed by atoms with Crippen LogP contribution in [-0.2, 0) is 19.5 Å². The molecule has 4 aliphatic rings. The average Bonchev–Trinajstić information content (AvgIpc) is 3.85. The van der Waals surface area contributed by atoms with Gasteiger partial charge in [-0.15, -0.1) is 4.33 Å². The van der Waals surface area contributed by atoms with Gasteiger partial charge in [0.05, 0.1) is 74.1 Å². The Kier molecular flexibility index (Phi) is 11.7. The Bertz CT molecular complexity index is 2590. The molecule has 0 unspecified atom stereocenters.